The monoisotopic (exact) mass is 274 g/mol. The number of aryl methyl sites for hydroxylation is 1. The Kier molecular flexibility index (Phi) is 6.33. The van der Waals surface area contributed by atoms with Gasteiger partial charge in [0, 0.05) is 12.8 Å². The van der Waals surface area contributed by atoms with Gasteiger partial charge in [-0.1, -0.05) is 0 Å². The van der Waals surface area contributed by atoms with Crippen molar-refractivity contribution < 1.29 is 22.8 Å². The van der Waals surface area contributed by atoms with E-state index in [2.05, 4.69) is 0 Å². The molecule has 18 heavy (non-hydrogen) atoms. The van der Waals surface area contributed by atoms with Crippen LogP contribution in [0.4, 0.5) is 0 Å². The Morgan fingerprint density at radius 1 is 1.22 bits per heavy atom. The van der Waals surface area contributed by atoms with Gasteiger partial charge in [0.1, 0.15) is 24.0 Å². The average molecular weight is 274 g/mol. The summed E-state index contributed by atoms with van der Waals surface area (Å²) in [5, 5.41) is 0. The minimum absolute atomic E-state index is 0.121. The second-order valence-corrected chi connectivity index (χ2v) is 5.73. The van der Waals surface area contributed by atoms with Crippen molar-refractivity contribution in [3.05, 3.63) is 23.7 Å². The summed E-state index contributed by atoms with van der Waals surface area (Å²) in [5.41, 5.74) is 0. The zero-order chi connectivity index (χ0) is 13.4. The molecule has 0 aliphatic heterocycles. The Labute approximate surface area is 107 Å². The molecule has 0 saturated heterocycles. The summed E-state index contributed by atoms with van der Waals surface area (Å²) in [5.74, 6) is 1.26. The van der Waals surface area contributed by atoms with Gasteiger partial charge in [-0.05, 0) is 26.0 Å². The molecule has 0 spiro atoms. The fourth-order valence-corrected chi connectivity index (χ4v) is 3.15. The molecule has 0 radical (unpaired) electrons. The van der Waals surface area contributed by atoms with Crippen LogP contribution in [-0.4, -0.2) is 19.5 Å². The Morgan fingerprint density at radius 3 is 2.39 bits per heavy atom. The van der Waals surface area contributed by atoms with E-state index >= 15 is 0 Å². The van der Waals surface area contributed by atoms with E-state index < -0.39 is 7.60 Å². The molecule has 0 bridgehead atoms. The Bertz CT molecular complexity index is 402. The maximum absolute atomic E-state index is 12.2. The first-order valence-corrected chi connectivity index (χ1v) is 7.75. The Morgan fingerprint density at radius 2 is 1.83 bits per heavy atom. The lowest BCUT2D eigenvalue weighted by Crippen LogP contribution is -1.98. The molecule has 0 unspecified atom stereocenters. The van der Waals surface area contributed by atoms with Gasteiger partial charge in [0.25, 0.3) is 0 Å². The van der Waals surface area contributed by atoms with Gasteiger partial charge in [0.05, 0.1) is 13.2 Å². The summed E-state index contributed by atoms with van der Waals surface area (Å²) in [4.78, 5) is 10.3. The molecule has 1 aromatic heterocycles. The maximum atomic E-state index is 12.2. The van der Waals surface area contributed by atoms with E-state index in [4.69, 9.17) is 13.5 Å². The summed E-state index contributed by atoms with van der Waals surface area (Å²) in [6.45, 7) is 4.19. The molecule has 0 aliphatic rings. The lowest BCUT2D eigenvalue weighted by molar-refractivity contribution is -0.107. The molecule has 5 nitrogen and oxygen atoms in total. The van der Waals surface area contributed by atoms with Gasteiger partial charge < -0.3 is 18.3 Å². The van der Waals surface area contributed by atoms with Gasteiger partial charge in [0.2, 0.25) is 0 Å². The first-order valence-electron chi connectivity index (χ1n) is 6.03. The summed E-state index contributed by atoms with van der Waals surface area (Å²) in [6, 6.07) is 3.52. The molecule has 0 N–H and O–H groups in total. The number of carbonyl (C=O) groups is 1. The second-order valence-electron chi connectivity index (χ2n) is 3.68. The minimum Gasteiger partial charge on any atom is -0.465 e. The molecule has 6 heteroatoms. The van der Waals surface area contributed by atoms with E-state index in [0.717, 1.165) is 6.29 Å². The van der Waals surface area contributed by atoms with Crippen molar-refractivity contribution in [3.63, 3.8) is 0 Å². The van der Waals surface area contributed by atoms with Crippen molar-refractivity contribution in [2.75, 3.05) is 13.2 Å². The van der Waals surface area contributed by atoms with Crippen molar-refractivity contribution in [2.45, 2.75) is 32.9 Å². The fraction of sp³-hybridized carbons (Fsp3) is 0.583. The van der Waals surface area contributed by atoms with Crippen LogP contribution in [0.1, 0.15) is 31.8 Å². The molecule has 1 heterocycles. The molecule has 0 fully saturated rings. The third-order valence-electron chi connectivity index (χ3n) is 2.23. The Hall–Kier alpha value is -0.900. The minimum atomic E-state index is -3.12. The van der Waals surface area contributed by atoms with E-state index in [1.807, 2.05) is 0 Å². The normalized spacial score (nSPS) is 11.7. The molecule has 0 amide bonds. The van der Waals surface area contributed by atoms with Crippen LogP contribution < -0.4 is 0 Å². The molecule has 1 rings (SSSR count). The van der Waals surface area contributed by atoms with E-state index in [1.165, 1.54) is 0 Å². The molecule has 0 saturated carbocycles. The van der Waals surface area contributed by atoms with Gasteiger partial charge in [-0.3, -0.25) is 4.57 Å². The van der Waals surface area contributed by atoms with Crippen molar-refractivity contribution in [2.24, 2.45) is 0 Å². The zero-order valence-electron chi connectivity index (χ0n) is 10.8. The van der Waals surface area contributed by atoms with Crippen LogP contribution in [0.25, 0.3) is 0 Å². The smallest absolute Gasteiger partial charge is 0.338 e. The van der Waals surface area contributed by atoms with Crippen LogP contribution in [0.3, 0.4) is 0 Å². The van der Waals surface area contributed by atoms with Gasteiger partial charge in [0.15, 0.2) is 0 Å². The van der Waals surface area contributed by atoms with Gasteiger partial charge in [-0.25, -0.2) is 0 Å². The van der Waals surface area contributed by atoms with Crippen LogP contribution in [0.15, 0.2) is 16.5 Å². The zero-order valence-corrected chi connectivity index (χ0v) is 11.7. The van der Waals surface area contributed by atoms with Gasteiger partial charge in [-0.2, -0.15) is 0 Å². The molecule has 0 aromatic carbocycles. The molecular formula is C12H19O5P. The quantitative estimate of drug-likeness (QED) is 0.511. The van der Waals surface area contributed by atoms with Crippen molar-refractivity contribution in [1.29, 1.82) is 0 Å². The van der Waals surface area contributed by atoms with Crippen LogP contribution in [0.5, 0.6) is 0 Å². The summed E-state index contributed by atoms with van der Waals surface area (Å²) < 4.78 is 28.1. The topological polar surface area (TPSA) is 65.7 Å². The number of aldehydes is 1. The van der Waals surface area contributed by atoms with E-state index in [-0.39, 0.29) is 6.16 Å². The largest absolute Gasteiger partial charge is 0.465 e. The molecular weight excluding hydrogens is 255 g/mol. The first kappa shape index (κ1) is 15.2. The van der Waals surface area contributed by atoms with Crippen LogP contribution in [0.2, 0.25) is 0 Å². The summed E-state index contributed by atoms with van der Waals surface area (Å²) in [6.07, 6.45) is 1.93. The van der Waals surface area contributed by atoms with Crippen LogP contribution in [-0.2, 0) is 31.0 Å². The van der Waals surface area contributed by atoms with E-state index in [9.17, 15) is 9.36 Å². The number of hydrogen-bond acceptors (Lipinski definition) is 5. The van der Waals surface area contributed by atoms with Crippen LogP contribution in [0, 0.1) is 0 Å². The van der Waals surface area contributed by atoms with Crippen molar-refractivity contribution in [1.82, 2.24) is 0 Å². The van der Waals surface area contributed by atoms with Crippen molar-refractivity contribution in [3.8, 4) is 0 Å². The highest BCUT2D eigenvalue weighted by molar-refractivity contribution is 7.53. The number of rotatable bonds is 9. The lowest BCUT2D eigenvalue weighted by Gasteiger charge is -2.15. The predicted octanol–water partition coefficient (Wildman–Crippen LogP) is 3.18. The van der Waals surface area contributed by atoms with Crippen LogP contribution >= 0.6 is 7.60 Å². The second kappa shape index (κ2) is 7.52. The predicted molar refractivity (Wildman–Crippen MR) is 67.7 cm³/mol. The molecule has 0 atom stereocenters. The standard InChI is InChI=1S/C12H19O5P/c1-3-15-18(14,16-4-2)10-12-8-7-11(17-12)6-5-9-13/h7-9H,3-6,10H2,1-2H3. The fourth-order valence-electron chi connectivity index (χ4n) is 1.56. The third-order valence-corrected chi connectivity index (χ3v) is 4.23. The maximum Gasteiger partial charge on any atom is 0.338 e. The molecule has 0 aliphatic carbocycles. The average Bonchev–Trinajstić information content (AvgIpc) is 2.74. The highest BCUT2D eigenvalue weighted by Gasteiger charge is 2.25. The van der Waals surface area contributed by atoms with E-state index in [1.54, 1.807) is 26.0 Å². The SMILES string of the molecule is CCOP(=O)(Cc1ccc(CCC=O)o1)OCC. The van der Waals surface area contributed by atoms with Gasteiger partial charge in [-0.15, -0.1) is 0 Å². The number of carbonyl (C=O) groups excluding carboxylic acids is 1. The first-order chi connectivity index (χ1) is 8.63. The number of furan rings is 1. The van der Waals surface area contributed by atoms with E-state index in [0.29, 0.717) is 37.6 Å². The Balaban J connectivity index is 2.66. The molecule has 1 aromatic rings. The molecule has 102 valence electrons. The number of hydrogen-bond donors (Lipinski definition) is 0. The lowest BCUT2D eigenvalue weighted by atomic mass is 10.3. The summed E-state index contributed by atoms with van der Waals surface area (Å²) in [7, 11) is -3.12. The summed E-state index contributed by atoms with van der Waals surface area (Å²) >= 11 is 0. The third kappa shape index (κ3) is 4.77. The highest BCUT2D eigenvalue weighted by atomic mass is 31.2. The highest BCUT2D eigenvalue weighted by Crippen LogP contribution is 2.51. The van der Waals surface area contributed by atoms with Crippen molar-refractivity contribution >= 4 is 13.9 Å². The van der Waals surface area contributed by atoms with Gasteiger partial charge >= 0.3 is 7.60 Å².